The van der Waals surface area contributed by atoms with Crippen LogP contribution >= 0.6 is 0 Å². The molecule has 1 aliphatic carbocycles. The van der Waals surface area contributed by atoms with E-state index in [2.05, 4.69) is 11.1 Å². The molecule has 1 nitrogen and oxygen atoms in total. The zero-order valence-electron chi connectivity index (χ0n) is 5.35. The summed E-state index contributed by atoms with van der Waals surface area (Å²) < 4.78 is 0. The second kappa shape index (κ2) is 1.90. The lowest BCUT2D eigenvalue weighted by molar-refractivity contribution is 0.412. The molecule has 9 heavy (non-hydrogen) atoms. The lowest BCUT2D eigenvalue weighted by Crippen LogP contribution is -2.08. The van der Waals surface area contributed by atoms with Gasteiger partial charge in [0, 0.05) is 18.0 Å². The van der Waals surface area contributed by atoms with Crippen molar-refractivity contribution in [1.82, 2.24) is 4.98 Å². The molecule has 0 spiro atoms. The van der Waals surface area contributed by atoms with Crippen molar-refractivity contribution in [2.24, 2.45) is 0 Å². The minimum absolute atomic E-state index is 0.806. The maximum Gasteiger partial charge on any atom is 0.0258 e. The molecule has 1 aliphatic rings. The third-order valence-corrected chi connectivity index (χ3v) is 2.07. The molecule has 0 aliphatic heterocycles. The molecule has 0 amide bonds. The highest BCUT2D eigenvalue weighted by molar-refractivity contribution is 5.10. The molecule has 0 atom stereocenters. The third-order valence-electron chi connectivity index (χ3n) is 2.07. The average Bonchev–Trinajstić information content (AvgIpc) is 2.11. The van der Waals surface area contributed by atoms with Crippen LogP contribution in [0.5, 0.6) is 0 Å². The van der Waals surface area contributed by atoms with Crippen LogP contribution in [0.2, 0.25) is 0 Å². The summed E-state index contributed by atoms with van der Waals surface area (Å²) in [5.41, 5.74) is 1.31. The molecule has 47 valence electrons. The first-order valence-electron chi connectivity index (χ1n) is 3.52. The van der Waals surface area contributed by atoms with Crippen LogP contribution in [-0.2, 0) is 0 Å². The van der Waals surface area contributed by atoms with Gasteiger partial charge in [-0.25, -0.2) is 0 Å². The standard InChI is InChI=1S/C8H10N/c1-3-7(4-1)8-5-2-6-9-8/h2,6-7,9H,1,3-4H2. The van der Waals surface area contributed by atoms with Gasteiger partial charge in [-0.2, -0.15) is 0 Å². The van der Waals surface area contributed by atoms with Crippen LogP contribution < -0.4 is 0 Å². The highest BCUT2D eigenvalue weighted by Crippen LogP contribution is 2.34. The minimum atomic E-state index is 0.806. The van der Waals surface area contributed by atoms with E-state index in [1.54, 1.807) is 0 Å². The molecule has 1 saturated carbocycles. The van der Waals surface area contributed by atoms with Gasteiger partial charge in [-0.1, -0.05) is 6.42 Å². The Morgan fingerprint density at radius 1 is 1.56 bits per heavy atom. The Morgan fingerprint density at radius 3 is 2.89 bits per heavy atom. The van der Waals surface area contributed by atoms with Gasteiger partial charge >= 0.3 is 0 Å². The summed E-state index contributed by atoms with van der Waals surface area (Å²) in [6.45, 7) is 0. The maximum absolute atomic E-state index is 3.18. The molecule has 1 radical (unpaired) electrons. The zero-order valence-corrected chi connectivity index (χ0v) is 5.35. The van der Waals surface area contributed by atoms with Gasteiger partial charge < -0.3 is 4.98 Å². The lowest BCUT2D eigenvalue weighted by Gasteiger charge is -2.23. The molecule has 1 heteroatoms. The normalized spacial score (nSPS) is 19.6. The van der Waals surface area contributed by atoms with Gasteiger partial charge in [0.05, 0.1) is 0 Å². The molecule has 0 saturated heterocycles. The number of H-pyrrole nitrogens is 1. The van der Waals surface area contributed by atoms with E-state index in [4.69, 9.17) is 0 Å². The van der Waals surface area contributed by atoms with Crippen molar-refractivity contribution in [1.29, 1.82) is 0 Å². The number of hydrogen-bond donors (Lipinski definition) is 1. The SMILES string of the molecule is [c]1cc[nH]c1C1CCC1. The first kappa shape index (κ1) is 5.10. The van der Waals surface area contributed by atoms with E-state index in [0.29, 0.717) is 0 Å². The van der Waals surface area contributed by atoms with Gasteiger partial charge in [0.2, 0.25) is 0 Å². The Labute approximate surface area is 55.1 Å². The van der Waals surface area contributed by atoms with E-state index in [0.717, 1.165) is 5.92 Å². The van der Waals surface area contributed by atoms with E-state index >= 15 is 0 Å². The summed E-state index contributed by atoms with van der Waals surface area (Å²) in [6.07, 6.45) is 6.07. The number of aromatic nitrogens is 1. The van der Waals surface area contributed by atoms with E-state index < -0.39 is 0 Å². The molecular weight excluding hydrogens is 110 g/mol. The van der Waals surface area contributed by atoms with E-state index in [-0.39, 0.29) is 0 Å². The highest BCUT2D eigenvalue weighted by Gasteiger charge is 2.19. The smallest absolute Gasteiger partial charge is 0.0258 e. The lowest BCUT2D eigenvalue weighted by atomic mass is 9.83. The van der Waals surface area contributed by atoms with Crippen molar-refractivity contribution in [2.45, 2.75) is 25.2 Å². The van der Waals surface area contributed by atoms with Gasteiger partial charge in [-0.3, -0.25) is 0 Å². The second-order valence-corrected chi connectivity index (χ2v) is 2.66. The van der Waals surface area contributed by atoms with Crippen molar-refractivity contribution in [3.63, 3.8) is 0 Å². The first-order valence-corrected chi connectivity index (χ1v) is 3.52. The average molecular weight is 120 g/mol. The molecule has 0 unspecified atom stereocenters. The Hall–Kier alpha value is -0.720. The number of hydrogen-bond acceptors (Lipinski definition) is 0. The van der Waals surface area contributed by atoms with E-state index in [9.17, 15) is 0 Å². The minimum Gasteiger partial charge on any atom is -0.364 e. The molecule has 1 fully saturated rings. The van der Waals surface area contributed by atoms with E-state index in [1.165, 1.54) is 25.0 Å². The predicted molar refractivity (Wildman–Crippen MR) is 36.2 cm³/mol. The van der Waals surface area contributed by atoms with Crippen molar-refractivity contribution in [2.75, 3.05) is 0 Å². The Bertz CT molecular complexity index is 172. The fourth-order valence-electron chi connectivity index (χ4n) is 1.24. The fourth-order valence-corrected chi connectivity index (χ4v) is 1.24. The molecular formula is C8H10N. The van der Waals surface area contributed by atoms with Gasteiger partial charge in [0.25, 0.3) is 0 Å². The van der Waals surface area contributed by atoms with Crippen molar-refractivity contribution >= 4 is 0 Å². The third kappa shape index (κ3) is 0.766. The summed E-state index contributed by atoms with van der Waals surface area (Å²) in [6, 6.07) is 5.14. The summed E-state index contributed by atoms with van der Waals surface area (Å²) >= 11 is 0. The van der Waals surface area contributed by atoms with Crippen LogP contribution in [0.3, 0.4) is 0 Å². The molecule has 1 N–H and O–H groups in total. The van der Waals surface area contributed by atoms with Crippen LogP contribution in [0.25, 0.3) is 0 Å². The van der Waals surface area contributed by atoms with Crippen LogP contribution in [0.15, 0.2) is 12.3 Å². The van der Waals surface area contributed by atoms with Crippen molar-refractivity contribution < 1.29 is 0 Å². The first-order chi connectivity index (χ1) is 4.47. The van der Waals surface area contributed by atoms with Crippen molar-refractivity contribution in [3.05, 3.63) is 24.0 Å². The number of aromatic amines is 1. The van der Waals surface area contributed by atoms with Crippen LogP contribution in [0.4, 0.5) is 0 Å². The monoisotopic (exact) mass is 120 g/mol. The molecule has 2 rings (SSSR count). The molecule has 1 aromatic heterocycles. The van der Waals surface area contributed by atoms with Crippen molar-refractivity contribution in [3.8, 4) is 0 Å². The Morgan fingerprint density at radius 2 is 2.44 bits per heavy atom. The summed E-state index contributed by atoms with van der Waals surface area (Å²) in [7, 11) is 0. The molecule has 0 aromatic carbocycles. The van der Waals surface area contributed by atoms with Gasteiger partial charge in [0.1, 0.15) is 0 Å². The second-order valence-electron chi connectivity index (χ2n) is 2.66. The predicted octanol–water partition coefficient (Wildman–Crippen LogP) is 2.08. The van der Waals surface area contributed by atoms with Gasteiger partial charge in [-0.05, 0) is 24.8 Å². The van der Waals surface area contributed by atoms with Gasteiger partial charge in [-0.15, -0.1) is 0 Å². The summed E-state index contributed by atoms with van der Waals surface area (Å²) in [5, 5.41) is 0. The zero-order chi connectivity index (χ0) is 6.10. The quantitative estimate of drug-likeness (QED) is 0.584. The number of rotatable bonds is 1. The molecule has 0 bridgehead atoms. The highest BCUT2D eigenvalue weighted by atomic mass is 14.7. The Balaban J connectivity index is 2.14. The van der Waals surface area contributed by atoms with Crippen LogP contribution in [0.1, 0.15) is 30.9 Å². The number of nitrogens with one attached hydrogen (secondary N) is 1. The summed E-state index contributed by atoms with van der Waals surface area (Å²) in [4.78, 5) is 3.18. The van der Waals surface area contributed by atoms with Crippen LogP contribution in [0, 0.1) is 6.07 Å². The maximum atomic E-state index is 3.18. The molecule has 1 aromatic rings. The fraction of sp³-hybridized carbons (Fsp3) is 0.500. The largest absolute Gasteiger partial charge is 0.364 e. The topological polar surface area (TPSA) is 15.8 Å². The summed E-state index contributed by atoms with van der Waals surface area (Å²) in [5.74, 6) is 0.806. The van der Waals surface area contributed by atoms with E-state index in [1.807, 2.05) is 12.3 Å². The van der Waals surface area contributed by atoms with Gasteiger partial charge in [0.15, 0.2) is 0 Å². The Kier molecular flexibility index (Phi) is 1.08. The van der Waals surface area contributed by atoms with Crippen LogP contribution in [-0.4, -0.2) is 4.98 Å². The molecule has 1 heterocycles.